The Labute approximate surface area is 106 Å². The first-order chi connectivity index (χ1) is 8.61. The largest absolute Gasteiger partial charge is 0.358 e. The van der Waals surface area contributed by atoms with Gasteiger partial charge in [-0.25, -0.2) is 4.98 Å². The van der Waals surface area contributed by atoms with Crippen LogP contribution in [0.15, 0.2) is 30.3 Å². The van der Waals surface area contributed by atoms with E-state index in [2.05, 4.69) is 21.7 Å². The third kappa shape index (κ3) is 2.42. The molecule has 18 heavy (non-hydrogen) atoms. The maximum Gasteiger partial charge on any atom is 0.241 e. The van der Waals surface area contributed by atoms with Gasteiger partial charge in [-0.2, -0.15) is 0 Å². The van der Waals surface area contributed by atoms with Crippen molar-refractivity contribution in [2.75, 3.05) is 12.4 Å². The van der Waals surface area contributed by atoms with E-state index < -0.39 is 0 Å². The number of fused-ring (bicyclic) bond motifs is 1. The van der Waals surface area contributed by atoms with Gasteiger partial charge < -0.3 is 10.6 Å². The van der Waals surface area contributed by atoms with Crippen molar-refractivity contribution in [1.82, 2.24) is 10.3 Å². The van der Waals surface area contributed by atoms with E-state index in [1.165, 1.54) is 0 Å². The molecule has 4 heteroatoms. The van der Waals surface area contributed by atoms with Gasteiger partial charge in [-0.1, -0.05) is 18.2 Å². The first-order valence-corrected chi connectivity index (χ1v) is 5.96. The molecule has 94 valence electrons. The van der Waals surface area contributed by atoms with Gasteiger partial charge in [0.05, 0.1) is 5.52 Å². The van der Waals surface area contributed by atoms with Crippen LogP contribution >= 0.6 is 0 Å². The zero-order valence-electron chi connectivity index (χ0n) is 10.8. The van der Waals surface area contributed by atoms with Crippen molar-refractivity contribution in [3.63, 3.8) is 0 Å². The zero-order valence-corrected chi connectivity index (χ0v) is 10.8. The SMILES string of the molecule is CNC(=O)C(C)Nc1nc2ccccc2cc1C. The average molecular weight is 243 g/mol. The summed E-state index contributed by atoms with van der Waals surface area (Å²) in [6, 6.07) is 9.70. The summed E-state index contributed by atoms with van der Waals surface area (Å²) >= 11 is 0. The molecular weight excluding hydrogens is 226 g/mol. The molecule has 0 aliphatic heterocycles. The van der Waals surface area contributed by atoms with Crippen molar-refractivity contribution in [3.05, 3.63) is 35.9 Å². The number of aryl methyl sites for hydroxylation is 1. The monoisotopic (exact) mass is 243 g/mol. The maximum atomic E-state index is 11.5. The van der Waals surface area contributed by atoms with E-state index in [0.717, 1.165) is 22.3 Å². The van der Waals surface area contributed by atoms with Gasteiger partial charge in [-0.3, -0.25) is 4.79 Å². The van der Waals surface area contributed by atoms with E-state index in [1.54, 1.807) is 7.05 Å². The van der Waals surface area contributed by atoms with Crippen LogP contribution in [0.4, 0.5) is 5.82 Å². The molecule has 2 N–H and O–H groups in total. The zero-order chi connectivity index (χ0) is 13.1. The predicted molar refractivity (Wildman–Crippen MR) is 73.6 cm³/mol. The Morgan fingerprint density at radius 3 is 2.78 bits per heavy atom. The van der Waals surface area contributed by atoms with Crippen molar-refractivity contribution in [2.24, 2.45) is 0 Å². The molecule has 1 aromatic carbocycles. The van der Waals surface area contributed by atoms with Gasteiger partial charge in [-0.15, -0.1) is 0 Å². The highest BCUT2D eigenvalue weighted by Crippen LogP contribution is 2.19. The van der Waals surface area contributed by atoms with E-state index in [0.29, 0.717) is 0 Å². The van der Waals surface area contributed by atoms with Crippen LogP contribution < -0.4 is 10.6 Å². The molecule has 0 bridgehead atoms. The fraction of sp³-hybridized carbons (Fsp3) is 0.286. The van der Waals surface area contributed by atoms with E-state index in [-0.39, 0.29) is 11.9 Å². The fourth-order valence-corrected chi connectivity index (χ4v) is 1.85. The van der Waals surface area contributed by atoms with Crippen LogP contribution in [0.1, 0.15) is 12.5 Å². The fourth-order valence-electron chi connectivity index (χ4n) is 1.85. The molecule has 0 radical (unpaired) electrons. The number of benzene rings is 1. The summed E-state index contributed by atoms with van der Waals surface area (Å²) in [4.78, 5) is 16.0. The smallest absolute Gasteiger partial charge is 0.241 e. The number of aromatic nitrogens is 1. The minimum Gasteiger partial charge on any atom is -0.358 e. The number of hydrogen-bond donors (Lipinski definition) is 2. The number of para-hydroxylation sites is 1. The summed E-state index contributed by atoms with van der Waals surface area (Å²) in [5.41, 5.74) is 1.96. The van der Waals surface area contributed by atoms with Gasteiger partial charge >= 0.3 is 0 Å². The number of nitrogens with one attached hydrogen (secondary N) is 2. The topological polar surface area (TPSA) is 54.0 Å². The van der Waals surface area contributed by atoms with Crippen molar-refractivity contribution < 1.29 is 4.79 Å². The highest BCUT2D eigenvalue weighted by Gasteiger charge is 2.12. The Bertz CT molecular complexity index is 580. The molecular formula is C14H17N3O. The van der Waals surface area contributed by atoms with Crippen molar-refractivity contribution in [3.8, 4) is 0 Å². The van der Waals surface area contributed by atoms with Gasteiger partial charge in [0.2, 0.25) is 5.91 Å². The molecule has 1 heterocycles. The van der Waals surface area contributed by atoms with Crippen molar-refractivity contribution in [1.29, 1.82) is 0 Å². The van der Waals surface area contributed by atoms with Crippen LogP contribution in [0, 0.1) is 6.92 Å². The quantitative estimate of drug-likeness (QED) is 0.868. The molecule has 4 nitrogen and oxygen atoms in total. The lowest BCUT2D eigenvalue weighted by Gasteiger charge is -2.15. The molecule has 1 aromatic heterocycles. The van der Waals surface area contributed by atoms with Crippen LogP contribution in [-0.4, -0.2) is 24.0 Å². The third-order valence-electron chi connectivity index (χ3n) is 2.91. The summed E-state index contributed by atoms with van der Waals surface area (Å²) in [5.74, 6) is 0.703. The number of rotatable bonds is 3. The Morgan fingerprint density at radius 1 is 1.33 bits per heavy atom. The molecule has 0 aliphatic rings. The number of likely N-dealkylation sites (N-methyl/N-ethyl adjacent to an activating group) is 1. The van der Waals surface area contributed by atoms with Crippen LogP contribution in [0.3, 0.4) is 0 Å². The Morgan fingerprint density at radius 2 is 2.06 bits per heavy atom. The molecule has 2 aromatic rings. The van der Waals surface area contributed by atoms with E-state index in [4.69, 9.17) is 0 Å². The number of anilines is 1. The summed E-state index contributed by atoms with van der Waals surface area (Å²) in [6.07, 6.45) is 0. The normalized spacial score (nSPS) is 12.2. The molecule has 1 unspecified atom stereocenters. The second-order valence-electron chi connectivity index (χ2n) is 4.33. The van der Waals surface area contributed by atoms with E-state index in [9.17, 15) is 4.79 Å². The summed E-state index contributed by atoms with van der Waals surface area (Å²) in [7, 11) is 1.63. The molecule has 1 amide bonds. The molecule has 0 fully saturated rings. The van der Waals surface area contributed by atoms with E-state index in [1.807, 2.05) is 38.1 Å². The number of carbonyl (C=O) groups is 1. The van der Waals surface area contributed by atoms with Crippen LogP contribution in [0.2, 0.25) is 0 Å². The molecule has 0 spiro atoms. The second-order valence-corrected chi connectivity index (χ2v) is 4.33. The Hall–Kier alpha value is -2.10. The van der Waals surface area contributed by atoms with Crippen LogP contribution in [-0.2, 0) is 4.79 Å². The first-order valence-electron chi connectivity index (χ1n) is 5.96. The number of pyridine rings is 1. The summed E-state index contributed by atoms with van der Waals surface area (Å²) in [5, 5.41) is 6.85. The summed E-state index contributed by atoms with van der Waals surface area (Å²) in [6.45, 7) is 3.80. The molecule has 2 rings (SSSR count). The van der Waals surface area contributed by atoms with Crippen molar-refractivity contribution >= 4 is 22.6 Å². The van der Waals surface area contributed by atoms with Crippen molar-refractivity contribution in [2.45, 2.75) is 19.9 Å². The number of amides is 1. The molecule has 1 atom stereocenters. The Kier molecular flexibility index (Phi) is 3.46. The lowest BCUT2D eigenvalue weighted by atomic mass is 10.1. The highest BCUT2D eigenvalue weighted by atomic mass is 16.2. The van der Waals surface area contributed by atoms with Gasteiger partial charge in [-0.05, 0) is 31.5 Å². The van der Waals surface area contributed by atoms with Crippen LogP contribution in [0.25, 0.3) is 10.9 Å². The minimum atomic E-state index is -0.303. The van der Waals surface area contributed by atoms with E-state index >= 15 is 0 Å². The first kappa shape index (κ1) is 12.4. The minimum absolute atomic E-state index is 0.0515. The van der Waals surface area contributed by atoms with Crippen LogP contribution in [0.5, 0.6) is 0 Å². The number of carbonyl (C=O) groups excluding carboxylic acids is 1. The molecule has 0 saturated heterocycles. The summed E-state index contributed by atoms with van der Waals surface area (Å²) < 4.78 is 0. The Balaban J connectivity index is 2.33. The third-order valence-corrected chi connectivity index (χ3v) is 2.91. The van der Waals surface area contributed by atoms with Gasteiger partial charge in [0, 0.05) is 12.4 Å². The van der Waals surface area contributed by atoms with Gasteiger partial charge in [0.25, 0.3) is 0 Å². The standard InChI is InChI=1S/C14H17N3O/c1-9-8-11-6-4-5-7-12(11)17-13(9)16-10(2)14(18)15-3/h4-8,10H,1-3H3,(H,15,18)(H,16,17). The maximum absolute atomic E-state index is 11.5. The highest BCUT2D eigenvalue weighted by molar-refractivity contribution is 5.85. The number of hydrogen-bond acceptors (Lipinski definition) is 3. The second kappa shape index (κ2) is 5.04. The molecule has 0 aliphatic carbocycles. The number of nitrogens with zero attached hydrogens (tertiary/aromatic N) is 1. The lowest BCUT2D eigenvalue weighted by molar-refractivity contribution is -0.121. The molecule has 0 saturated carbocycles. The predicted octanol–water partition coefficient (Wildman–Crippen LogP) is 2.09. The average Bonchev–Trinajstić information content (AvgIpc) is 2.38. The van der Waals surface area contributed by atoms with Gasteiger partial charge in [0.15, 0.2) is 0 Å². The lowest BCUT2D eigenvalue weighted by Crippen LogP contribution is -2.35. The van der Waals surface area contributed by atoms with Gasteiger partial charge in [0.1, 0.15) is 11.9 Å².